The monoisotopic (exact) mass is 377 g/mol. The highest BCUT2D eigenvalue weighted by molar-refractivity contribution is 5.92. The number of aryl methyl sites for hydroxylation is 1. The van der Waals surface area contributed by atoms with Crippen LogP contribution in [0.2, 0.25) is 0 Å². The fraction of sp³-hybridized carbons (Fsp3) is 0.375. The molecule has 0 heterocycles. The molecule has 0 N–H and O–H groups in total. The quantitative estimate of drug-likeness (QED) is 0.680. The maximum absolute atomic E-state index is 13.2. The number of amides is 1. The number of carbonyl (C=O) groups is 1. The first-order valence-corrected chi connectivity index (χ1v) is 10.0. The van der Waals surface area contributed by atoms with Crippen LogP contribution in [0, 0.1) is 0 Å². The summed E-state index contributed by atoms with van der Waals surface area (Å²) in [6.07, 6.45) is 9.05. The van der Waals surface area contributed by atoms with Crippen LogP contribution < -0.4 is 9.47 Å². The molecule has 0 saturated heterocycles. The van der Waals surface area contributed by atoms with Gasteiger partial charge in [-0.2, -0.15) is 0 Å². The number of benzene rings is 2. The zero-order chi connectivity index (χ0) is 19.5. The average molecular weight is 377 g/mol. The van der Waals surface area contributed by atoms with Gasteiger partial charge in [0.15, 0.2) is 0 Å². The Morgan fingerprint density at radius 1 is 1.04 bits per heavy atom. The van der Waals surface area contributed by atoms with Crippen LogP contribution in [0.15, 0.2) is 48.5 Å². The van der Waals surface area contributed by atoms with E-state index < -0.39 is 0 Å². The van der Waals surface area contributed by atoms with Crippen LogP contribution >= 0.6 is 0 Å². The Labute approximate surface area is 166 Å². The average Bonchev–Trinajstić information content (AvgIpc) is 3.57. The minimum atomic E-state index is 0.0889. The minimum absolute atomic E-state index is 0.0889. The van der Waals surface area contributed by atoms with Crippen molar-refractivity contribution in [2.45, 2.75) is 44.2 Å². The van der Waals surface area contributed by atoms with Gasteiger partial charge < -0.3 is 14.4 Å². The Kier molecular flexibility index (Phi) is 5.38. The molecule has 1 unspecified atom stereocenters. The van der Waals surface area contributed by atoms with E-state index in [2.05, 4.69) is 29.2 Å². The first-order valence-electron chi connectivity index (χ1n) is 10.0. The zero-order valence-electron chi connectivity index (χ0n) is 16.6. The molecule has 4 nitrogen and oxygen atoms in total. The van der Waals surface area contributed by atoms with E-state index in [1.807, 2.05) is 24.3 Å². The summed E-state index contributed by atoms with van der Waals surface area (Å²) >= 11 is 0. The molecule has 0 spiro atoms. The number of methoxy groups -OCH3 is 2. The molecule has 1 amide bonds. The Balaban J connectivity index is 1.58. The van der Waals surface area contributed by atoms with Crippen molar-refractivity contribution < 1.29 is 14.3 Å². The largest absolute Gasteiger partial charge is 0.497 e. The van der Waals surface area contributed by atoms with Gasteiger partial charge in [0.1, 0.15) is 11.5 Å². The van der Waals surface area contributed by atoms with Gasteiger partial charge in [-0.15, -0.1) is 0 Å². The topological polar surface area (TPSA) is 38.8 Å². The molecule has 0 radical (unpaired) electrons. The third-order valence-electron chi connectivity index (χ3n) is 5.66. The van der Waals surface area contributed by atoms with Crippen molar-refractivity contribution in [2.75, 3.05) is 14.2 Å². The van der Waals surface area contributed by atoms with Gasteiger partial charge in [0.25, 0.3) is 0 Å². The van der Waals surface area contributed by atoms with Crippen molar-refractivity contribution in [1.82, 2.24) is 4.90 Å². The van der Waals surface area contributed by atoms with Crippen molar-refractivity contribution in [1.29, 1.82) is 0 Å². The smallest absolute Gasteiger partial charge is 0.247 e. The first kappa shape index (κ1) is 18.6. The predicted octanol–water partition coefficient (Wildman–Crippen LogP) is 4.79. The lowest BCUT2D eigenvalue weighted by atomic mass is 9.86. The zero-order valence-corrected chi connectivity index (χ0v) is 16.6. The lowest BCUT2D eigenvalue weighted by Gasteiger charge is -2.35. The van der Waals surface area contributed by atoms with Crippen LogP contribution in [0.1, 0.15) is 48.4 Å². The van der Waals surface area contributed by atoms with Crippen molar-refractivity contribution in [2.24, 2.45) is 0 Å². The summed E-state index contributed by atoms with van der Waals surface area (Å²) in [5.41, 5.74) is 3.61. The third kappa shape index (κ3) is 3.91. The summed E-state index contributed by atoms with van der Waals surface area (Å²) in [6, 6.07) is 14.8. The van der Waals surface area contributed by atoms with Crippen LogP contribution in [0.3, 0.4) is 0 Å². The van der Waals surface area contributed by atoms with E-state index in [9.17, 15) is 4.79 Å². The maximum Gasteiger partial charge on any atom is 0.247 e. The lowest BCUT2D eigenvalue weighted by Crippen LogP contribution is -2.37. The number of fused-ring (bicyclic) bond motifs is 1. The summed E-state index contributed by atoms with van der Waals surface area (Å²) < 4.78 is 10.6. The van der Waals surface area contributed by atoms with E-state index in [0.717, 1.165) is 37.7 Å². The van der Waals surface area contributed by atoms with E-state index in [1.165, 1.54) is 11.1 Å². The van der Waals surface area contributed by atoms with Crippen molar-refractivity contribution in [3.05, 3.63) is 65.2 Å². The molecular formula is C24H27NO3. The molecule has 28 heavy (non-hydrogen) atoms. The summed E-state index contributed by atoms with van der Waals surface area (Å²) in [4.78, 5) is 15.3. The standard InChI is InChI=1S/C24H27NO3/c1-27-20-14-17(15-21(16-20)28-2)10-13-24(26)25(19-11-12-19)23-9-5-7-18-6-3-4-8-22(18)23/h3-4,6,8,10,13-16,19,23H,5,7,9,11-12H2,1-2H3. The Morgan fingerprint density at radius 2 is 1.75 bits per heavy atom. The van der Waals surface area contributed by atoms with Gasteiger partial charge in [0.05, 0.1) is 20.3 Å². The van der Waals surface area contributed by atoms with Crippen molar-refractivity contribution >= 4 is 12.0 Å². The number of nitrogens with zero attached hydrogens (tertiary/aromatic N) is 1. The lowest BCUT2D eigenvalue weighted by molar-refractivity contribution is -0.129. The van der Waals surface area contributed by atoms with Gasteiger partial charge in [-0.1, -0.05) is 24.3 Å². The van der Waals surface area contributed by atoms with E-state index >= 15 is 0 Å². The SMILES string of the molecule is COc1cc(C=CC(=O)N(C2CC2)C2CCCc3ccccc32)cc(OC)c1. The predicted molar refractivity (Wildman–Crippen MR) is 111 cm³/mol. The van der Waals surface area contributed by atoms with Gasteiger partial charge in [-0.25, -0.2) is 0 Å². The molecule has 0 aliphatic heterocycles. The minimum Gasteiger partial charge on any atom is -0.497 e. The fourth-order valence-electron chi connectivity index (χ4n) is 4.14. The molecule has 4 rings (SSSR count). The molecule has 1 saturated carbocycles. The molecule has 1 fully saturated rings. The Hall–Kier alpha value is -2.75. The first-order chi connectivity index (χ1) is 13.7. The highest BCUT2D eigenvalue weighted by atomic mass is 16.5. The molecule has 4 heteroatoms. The van der Waals surface area contributed by atoms with Gasteiger partial charge in [0.2, 0.25) is 5.91 Å². The van der Waals surface area contributed by atoms with Gasteiger partial charge >= 0.3 is 0 Å². The van der Waals surface area contributed by atoms with E-state index in [1.54, 1.807) is 20.3 Å². The van der Waals surface area contributed by atoms with Crippen LogP contribution in [-0.2, 0) is 11.2 Å². The summed E-state index contributed by atoms with van der Waals surface area (Å²) in [6.45, 7) is 0. The molecule has 0 aromatic heterocycles. The highest BCUT2D eigenvalue weighted by Gasteiger charge is 2.38. The number of carbonyl (C=O) groups excluding carboxylic acids is 1. The normalized spacial score (nSPS) is 18.6. The van der Waals surface area contributed by atoms with Crippen LogP contribution in [0.5, 0.6) is 11.5 Å². The van der Waals surface area contributed by atoms with Crippen LogP contribution in [0.4, 0.5) is 0 Å². The number of hydrogen-bond acceptors (Lipinski definition) is 3. The summed E-state index contributed by atoms with van der Waals surface area (Å²) in [7, 11) is 3.26. The highest BCUT2D eigenvalue weighted by Crippen LogP contribution is 2.41. The number of ether oxygens (including phenoxy) is 2. The van der Waals surface area contributed by atoms with Crippen molar-refractivity contribution in [3.63, 3.8) is 0 Å². The fourth-order valence-corrected chi connectivity index (χ4v) is 4.14. The van der Waals surface area contributed by atoms with Crippen LogP contribution in [0.25, 0.3) is 6.08 Å². The summed E-state index contributed by atoms with van der Waals surface area (Å²) in [5.74, 6) is 1.52. The van der Waals surface area contributed by atoms with Gasteiger partial charge in [0, 0.05) is 18.2 Å². The van der Waals surface area contributed by atoms with E-state index in [4.69, 9.17) is 9.47 Å². The van der Waals surface area contributed by atoms with Gasteiger partial charge in [-0.3, -0.25) is 4.79 Å². The summed E-state index contributed by atoms with van der Waals surface area (Å²) in [5, 5.41) is 0. The number of rotatable bonds is 6. The second-order valence-electron chi connectivity index (χ2n) is 7.56. The molecule has 2 aromatic rings. The third-order valence-corrected chi connectivity index (χ3v) is 5.66. The maximum atomic E-state index is 13.2. The van der Waals surface area contributed by atoms with Crippen molar-refractivity contribution in [3.8, 4) is 11.5 Å². The van der Waals surface area contributed by atoms with Crippen LogP contribution in [-0.4, -0.2) is 31.1 Å². The Morgan fingerprint density at radius 3 is 2.43 bits per heavy atom. The molecule has 0 bridgehead atoms. The van der Waals surface area contributed by atoms with E-state index in [0.29, 0.717) is 17.5 Å². The van der Waals surface area contributed by atoms with E-state index in [-0.39, 0.29) is 11.9 Å². The molecule has 2 aromatic carbocycles. The number of hydrogen-bond donors (Lipinski definition) is 0. The second-order valence-corrected chi connectivity index (χ2v) is 7.56. The molecule has 146 valence electrons. The molecule has 2 aliphatic carbocycles. The second kappa shape index (κ2) is 8.09. The molecule has 2 aliphatic rings. The molecule has 1 atom stereocenters. The Bertz CT molecular complexity index is 863. The molecular weight excluding hydrogens is 350 g/mol. The van der Waals surface area contributed by atoms with Gasteiger partial charge in [-0.05, 0) is 67.0 Å².